The molecule has 3 aromatic rings. The molecule has 0 atom stereocenters. The second-order valence-electron chi connectivity index (χ2n) is 8.90. The van der Waals surface area contributed by atoms with Gasteiger partial charge in [0.2, 0.25) is 0 Å². The molecule has 0 unspecified atom stereocenters. The average Bonchev–Trinajstić information content (AvgIpc) is 3.58. The van der Waals surface area contributed by atoms with Crippen LogP contribution in [0, 0.1) is 0 Å². The van der Waals surface area contributed by atoms with Gasteiger partial charge in [0.25, 0.3) is 0 Å². The van der Waals surface area contributed by atoms with Gasteiger partial charge < -0.3 is 9.80 Å². The summed E-state index contributed by atoms with van der Waals surface area (Å²) < 4.78 is 0. The maximum atomic E-state index is 2.47. The predicted molar refractivity (Wildman–Crippen MR) is 140 cm³/mol. The highest BCUT2D eigenvalue weighted by Gasteiger charge is 2.12. The van der Waals surface area contributed by atoms with E-state index in [2.05, 4.69) is 107 Å². The molecule has 32 heavy (non-hydrogen) atoms. The maximum Gasteiger partial charge on any atom is 0.0366 e. The lowest BCUT2D eigenvalue weighted by Gasteiger charge is -2.17. The first-order valence-corrected chi connectivity index (χ1v) is 12.0. The van der Waals surface area contributed by atoms with E-state index in [1.54, 1.807) is 0 Å². The number of benzene rings is 3. The molecule has 0 N–H and O–H groups in total. The van der Waals surface area contributed by atoms with E-state index in [0.717, 1.165) is 0 Å². The van der Waals surface area contributed by atoms with Crippen LogP contribution >= 0.6 is 0 Å². The van der Waals surface area contributed by atoms with Crippen molar-refractivity contribution in [3.8, 4) is 0 Å². The van der Waals surface area contributed by atoms with E-state index in [-0.39, 0.29) is 0 Å². The van der Waals surface area contributed by atoms with Gasteiger partial charge in [-0.3, -0.25) is 0 Å². The van der Waals surface area contributed by atoms with Gasteiger partial charge in [-0.05, 0) is 72.2 Å². The van der Waals surface area contributed by atoms with E-state index in [4.69, 9.17) is 0 Å². The minimum atomic E-state index is 1.19. The molecular formula is C30H32N2. The third-order valence-electron chi connectivity index (χ3n) is 6.60. The Morgan fingerprint density at radius 2 is 0.625 bits per heavy atom. The Kier molecular flexibility index (Phi) is 6.39. The molecule has 0 spiro atoms. The molecule has 162 valence electrons. The van der Waals surface area contributed by atoms with Gasteiger partial charge in [-0.2, -0.15) is 0 Å². The number of nitrogens with zero attached hydrogens (tertiary/aromatic N) is 2. The summed E-state index contributed by atoms with van der Waals surface area (Å²) in [6.07, 6.45) is 14.0. The molecule has 2 heteroatoms. The summed E-state index contributed by atoms with van der Waals surface area (Å²) in [4.78, 5) is 4.95. The van der Waals surface area contributed by atoms with Crippen LogP contribution in [0.15, 0.2) is 72.8 Å². The average molecular weight is 421 g/mol. The van der Waals surface area contributed by atoms with Crippen LogP contribution in [-0.2, 0) is 0 Å². The van der Waals surface area contributed by atoms with Gasteiger partial charge in [-0.15, -0.1) is 0 Å². The molecule has 0 bridgehead atoms. The van der Waals surface area contributed by atoms with Crippen molar-refractivity contribution < 1.29 is 0 Å². The molecule has 0 aromatic heterocycles. The summed E-state index contributed by atoms with van der Waals surface area (Å²) in [5.41, 5.74) is 7.63. The quantitative estimate of drug-likeness (QED) is 0.388. The van der Waals surface area contributed by atoms with Gasteiger partial charge in [0.05, 0.1) is 0 Å². The minimum absolute atomic E-state index is 1.19. The van der Waals surface area contributed by atoms with Crippen molar-refractivity contribution in [1.29, 1.82) is 0 Å². The predicted octanol–water partition coefficient (Wildman–Crippen LogP) is 7.23. The summed E-state index contributed by atoms with van der Waals surface area (Å²) in [5, 5.41) is 0. The Bertz CT molecular complexity index is 959. The minimum Gasteiger partial charge on any atom is -0.372 e. The number of anilines is 2. The SMILES string of the molecule is C(=Cc1ccc(N2CCCC2)cc1)c1ccc(C=Cc2ccc(N3CCCC3)cc2)cc1. The summed E-state index contributed by atoms with van der Waals surface area (Å²) in [7, 11) is 0. The Morgan fingerprint density at radius 1 is 0.375 bits per heavy atom. The van der Waals surface area contributed by atoms with Crippen molar-refractivity contribution in [2.75, 3.05) is 36.0 Å². The Labute approximate surface area is 192 Å². The fourth-order valence-electron chi connectivity index (χ4n) is 4.65. The zero-order chi connectivity index (χ0) is 21.6. The van der Waals surface area contributed by atoms with Crippen LogP contribution in [0.3, 0.4) is 0 Å². The first kappa shape index (κ1) is 20.6. The lowest BCUT2D eigenvalue weighted by molar-refractivity contribution is 0.949. The highest BCUT2D eigenvalue weighted by molar-refractivity contribution is 5.74. The highest BCUT2D eigenvalue weighted by Crippen LogP contribution is 2.22. The second-order valence-corrected chi connectivity index (χ2v) is 8.90. The van der Waals surface area contributed by atoms with Gasteiger partial charge in [0, 0.05) is 37.6 Å². The summed E-state index contributed by atoms with van der Waals surface area (Å²) in [6, 6.07) is 26.6. The van der Waals surface area contributed by atoms with Gasteiger partial charge in [-0.1, -0.05) is 72.8 Å². The molecule has 2 nitrogen and oxygen atoms in total. The topological polar surface area (TPSA) is 6.48 Å². The van der Waals surface area contributed by atoms with E-state index >= 15 is 0 Å². The van der Waals surface area contributed by atoms with Crippen LogP contribution < -0.4 is 9.80 Å². The fraction of sp³-hybridized carbons (Fsp3) is 0.267. The van der Waals surface area contributed by atoms with Gasteiger partial charge in [-0.25, -0.2) is 0 Å². The van der Waals surface area contributed by atoms with Crippen LogP contribution in [-0.4, -0.2) is 26.2 Å². The van der Waals surface area contributed by atoms with Crippen molar-refractivity contribution in [3.63, 3.8) is 0 Å². The molecule has 2 heterocycles. The van der Waals surface area contributed by atoms with Gasteiger partial charge in [0.1, 0.15) is 0 Å². The van der Waals surface area contributed by atoms with Crippen molar-refractivity contribution in [3.05, 3.63) is 95.1 Å². The Hall–Kier alpha value is -3.26. The third-order valence-corrected chi connectivity index (χ3v) is 6.60. The summed E-state index contributed by atoms with van der Waals surface area (Å²) >= 11 is 0. The van der Waals surface area contributed by atoms with Crippen LogP contribution in [0.2, 0.25) is 0 Å². The maximum absolute atomic E-state index is 2.47. The zero-order valence-electron chi connectivity index (χ0n) is 18.8. The van der Waals surface area contributed by atoms with E-state index in [0.29, 0.717) is 0 Å². The number of rotatable bonds is 6. The van der Waals surface area contributed by atoms with E-state index < -0.39 is 0 Å². The molecule has 2 saturated heterocycles. The molecule has 0 aliphatic carbocycles. The molecule has 5 rings (SSSR count). The molecule has 0 saturated carbocycles. The summed E-state index contributed by atoms with van der Waals surface area (Å²) in [6.45, 7) is 4.78. The molecule has 0 amide bonds. The van der Waals surface area contributed by atoms with E-state index in [1.807, 2.05) is 0 Å². The Balaban J connectivity index is 1.17. The lowest BCUT2D eigenvalue weighted by atomic mass is 10.1. The van der Waals surface area contributed by atoms with Crippen LogP contribution in [0.5, 0.6) is 0 Å². The molecule has 3 aromatic carbocycles. The first-order valence-electron chi connectivity index (χ1n) is 12.0. The normalized spacial score (nSPS) is 16.6. The standard InChI is InChI=1S/C30H32N2/c1-2-22-31(21-1)29-17-13-27(14-18-29)11-9-25-5-7-26(8-6-25)10-12-28-15-19-30(20-16-28)32-23-3-4-24-32/h5-20H,1-4,21-24H2. The van der Waals surface area contributed by atoms with Crippen molar-refractivity contribution in [2.24, 2.45) is 0 Å². The lowest BCUT2D eigenvalue weighted by Crippen LogP contribution is -2.17. The summed E-state index contributed by atoms with van der Waals surface area (Å²) in [5.74, 6) is 0. The van der Waals surface area contributed by atoms with Crippen molar-refractivity contribution >= 4 is 35.7 Å². The monoisotopic (exact) mass is 420 g/mol. The van der Waals surface area contributed by atoms with Crippen molar-refractivity contribution in [2.45, 2.75) is 25.7 Å². The molecule has 2 aliphatic rings. The van der Waals surface area contributed by atoms with Gasteiger partial charge in [0.15, 0.2) is 0 Å². The van der Waals surface area contributed by atoms with Crippen LogP contribution in [0.1, 0.15) is 47.9 Å². The first-order chi connectivity index (χ1) is 15.8. The van der Waals surface area contributed by atoms with Crippen molar-refractivity contribution in [1.82, 2.24) is 0 Å². The third kappa shape index (κ3) is 5.13. The van der Waals surface area contributed by atoms with Crippen LogP contribution in [0.25, 0.3) is 24.3 Å². The largest absolute Gasteiger partial charge is 0.372 e. The number of hydrogen-bond acceptors (Lipinski definition) is 2. The Morgan fingerprint density at radius 3 is 0.906 bits per heavy atom. The molecule has 2 aliphatic heterocycles. The molecule has 2 fully saturated rings. The number of hydrogen-bond donors (Lipinski definition) is 0. The fourth-order valence-corrected chi connectivity index (χ4v) is 4.65. The van der Waals surface area contributed by atoms with E-state index in [1.165, 1.54) is 85.5 Å². The molecular weight excluding hydrogens is 388 g/mol. The zero-order valence-corrected chi connectivity index (χ0v) is 18.8. The highest BCUT2D eigenvalue weighted by atomic mass is 15.1. The second kappa shape index (κ2) is 9.91. The smallest absolute Gasteiger partial charge is 0.0366 e. The van der Waals surface area contributed by atoms with Crippen LogP contribution in [0.4, 0.5) is 11.4 Å². The van der Waals surface area contributed by atoms with Gasteiger partial charge >= 0.3 is 0 Å². The van der Waals surface area contributed by atoms with E-state index in [9.17, 15) is 0 Å². The molecule has 0 radical (unpaired) electrons.